The predicted octanol–water partition coefficient (Wildman–Crippen LogP) is 3.82. The number of hydrogen-bond donors (Lipinski definition) is 1. The van der Waals surface area contributed by atoms with Crippen LogP contribution in [0.15, 0.2) is 6.07 Å². The Morgan fingerprint density at radius 1 is 1.20 bits per heavy atom. The normalized spacial score (nSPS) is 11.4. The first-order valence-electron chi connectivity index (χ1n) is 7.83. The van der Waals surface area contributed by atoms with Crippen LogP contribution in [0.5, 0.6) is 0 Å². The van der Waals surface area contributed by atoms with Crippen molar-refractivity contribution >= 4 is 5.82 Å². The van der Waals surface area contributed by atoms with Crippen LogP contribution in [0.3, 0.4) is 0 Å². The Morgan fingerprint density at radius 2 is 1.85 bits per heavy atom. The lowest BCUT2D eigenvalue weighted by Gasteiger charge is -2.31. The Morgan fingerprint density at radius 3 is 2.35 bits per heavy atom. The highest BCUT2D eigenvalue weighted by molar-refractivity contribution is 5.52. The summed E-state index contributed by atoms with van der Waals surface area (Å²) in [7, 11) is 0. The van der Waals surface area contributed by atoms with Crippen molar-refractivity contribution in [3.63, 3.8) is 0 Å². The van der Waals surface area contributed by atoms with Gasteiger partial charge in [-0.1, -0.05) is 20.8 Å². The second-order valence-electron chi connectivity index (χ2n) is 6.21. The predicted molar refractivity (Wildman–Crippen MR) is 88.5 cm³/mol. The molecule has 3 heteroatoms. The minimum atomic E-state index is 0.474. The molecule has 0 fully saturated rings. The third-order valence-corrected chi connectivity index (χ3v) is 3.50. The third kappa shape index (κ3) is 4.48. The van der Waals surface area contributed by atoms with Crippen molar-refractivity contribution in [3.8, 4) is 0 Å². The number of aromatic nitrogens is 1. The number of aryl methyl sites for hydroxylation is 2. The van der Waals surface area contributed by atoms with Crippen LogP contribution >= 0.6 is 0 Å². The maximum atomic E-state index is 4.84. The highest BCUT2D eigenvalue weighted by atomic mass is 15.2. The maximum Gasteiger partial charge on any atom is 0.133 e. The van der Waals surface area contributed by atoms with Gasteiger partial charge in [-0.15, -0.1) is 0 Å². The molecule has 1 rings (SSSR count). The molecule has 1 aromatic rings. The van der Waals surface area contributed by atoms with Crippen LogP contribution in [-0.4, -0.2) is 23.6 Å². The number of nitrogens with one attached hydrogen (secondary N) is 1. The summed E-state index contributed by atoms with van der Waals surface area (Å²) in [5.74, 6) is 1.16. The smallest absolute Gasteiger partial charge is 0.133 e. The van der Waals surface area contributed by atoms with Gasteiger partial charge in [-0.3, -0.25) is 0 Å². The maximum absolute atomic E-state index is 4.84. The van der Waals surface area contributed by atoms with Gasteiger partial charge in [-0.05, 0) is 45.7 Å². The van der Waals surface area contributed by atoms with Gasteiger partial charge in [0.25, 0.3) is 0 Å². The molecule has 0 unspecified atom stereocenters. The molecule has 0 saturated heterocycles. The number of nitrogens with zero attached hydrogens (tertiary/aromatic N) is 2. The Labute approximate surface area is 124 Å². The van der Waals surface area contributed by atoms with Gasteiger partial charge < -0.3 is 10.2 Å². The standard InChI is InChI=1S/C17H31N3/c1-8-9-20(13(4)5)17-16(11-18-12(2)3)14(6)10-15(7)19-17/h10,12-13,18H,8-9,11H2,1-7H3. The summed E-state index contributed by atoms with van der Waals surface area (Å²) >= 11 is 0. The zero-order valence-corrected chi connectivity index (χ0v) is 14.2. The van der Waals surface area contributed by atoms with Crippen molar-refractivity contribution < 1.29 is 0 Å². The molecule has 114 valence electrons. The van der Waals surface area contributed by atoms with Gasteiger partial charge in [0.05, 0.1) is 0 Å². The van der Waals surface area contributed by atoms with E-state index in [0.29, 0.717) is 12.1 Å². The third-order valence-electron chi connectivity index (χ3n) is 3.50. The van der Waals surface area contributed by atoms with E-state index in [0.717, 1.165) is 31.0 Å². The van der Waals surface area contributed by atoms with Gasteiger partial charge in [0.15, 0.2) is 0 Å². The lowest BCUT2D eigenvalue weighted by molar-refractivity contribution is 0.580. The van der Waals surface area contributed by atoms with Gasteiger partial charge in [-0.25, -0.2) is 4.98 Å². The second kappa shape index (κ2) is 7.63. The fraction of sp³-hybridized carbons (Fsp3) is 0.706. The highest BCUT2D eigenvalue weighted by Gasteiger charge is 2.17. The molecule has 0 atom stereocenters. The van der Waals surface area contributed by atoms with Crippen LogP contribution in [0, 0.1) is 13.8 Å². The quantitative estimate of drug-likeness (QED) is 0.821. The van der Waals surface area contributed by atoms with Crippen LogP contribution in [0.4, 0.5) is 5.82 Å². The van der Waals surface area contributed by atoms with Crippen LogP contribution < -0.4 is 10.2 Å². The topological polar surface area (TPSA) is 28.2 Å². The molecule has 0 bridgehead atoms. The van der Waals surface area contributed by atoms with E-state index >= 15 is 0 Å². The summed E-state index contributed by atoms with van der Waals surface area (Å²) < 4.78 is 0. The summed E-state index contributed by atoms with van der Waals surface area (Å²) in [6.07, 6.45) is 1.14. The minimum Gasteiger partial charge on any atom is -0.354 e. The molecular weight excluding hydrogens is 246 g/mol. The number of anilines is 1. The molecule has 0 aliphatic heterocycles. The first-order chi connectivity index (χ1) is 9.36. The average molecular weight is 277 g/mol. The highest BCUT2D eigenvalue weighted by Crippen LogP contribution is 2.24. The molecule has 3 nitrogen and oxygen atoms in total. The second-order valence-corrected chi connectivity index (χ2v) is 6.21. The molecule has 0 aliphatic rings. The summed E-state index contributed by atoms with van der Waals surface area (Å²) in [5.41, 5.74) is 3.78. The van der Waals surface area contributed by atoms with Gasteiger partial charge in [0.1, 0.15) is 5.82 Å². The first kappa shape index (κ1) is 17.0. The van der Waals surface area contributed by atoms with Gasteiger partial charge in [-0.2, -0.15) is 0 Å². The van der Waals surface area contributed by atoms with Crippen molar-refractivity contribution in [2.24, 2.45) is 0 Å². The fourth-order valence-electron chi connectivity index (χ4n) is 2.46. The van der Waals surface area contributed by atoms with Gasteiger partial charge in [0.2, 0.25) is 0 Å². The van der Waals surface area contributed by atoms with E-state index < -0.39 is 0 Å². The lowest BCUT2D eigenvalue weighted by atomic mass is 10.1. The van der Waals surface area contributed by atoms with Crippen molar-refractivity contribution in [3.05, 3.63) is 22.9 Å². The molecule has 0 aliphatic carbocycles. The Balaban J connectivity index is 3.19. The van der Waals surface area contributed by atoms with E-state index in [1.807, 2.05) is 0 Å². The first-order valence-corrected chi connectivity index (χ1v) is 7.83. The molecule has 0 saturated carbocycles. The van der Waals surface area contributed by atoms with Gasteiger partial charge in [0, 0.05) is 36.4 Å². The van der Waals surface area contributed by atoms with Crippen LogP contribution in [-0.2, 0) is 6.54 Å². The van der Waals surface area contributed by atoms with E-state index in [1.165, 1.54) is 11.1 Å². The summed E-state index contributed by atoms with van der Waals surface area (Å²) in [5, 5.41) is 3.53. The molecule has 20 heavy (non-hydrogen) atoms. The van der Waals surface area contributed by atoms with E-state index in [2.05, 4.69) is 64.7 Å². The SMILES string of the molecule is CCCN(c1nc(C)cc(C)c1CNC(C)C)C(C)C. The monoisotopic (exact) mass is 277 g/mol. The van der Waals surface area contributed by atoms with Gasteiger partial charge >= 0.3 is 0 Å². The minimum absolute atomic E-state index is 0.474. The van der Waals surface area contributed by atoms with Crippen molar-refractivity contribution in [2.75, 3.05) is 11.4 Å². The average Bonchev–Trinajstić information content (AvgIpc) is 2.33. The molecule has 1 N–H and O–H groups in total. The zero-order chi connectivity index (χ0) is 15.3. The summed E-state index contributed by atoms with van der Waals surface area (Å²) in [6.45, 7) is 17.3. The van der Waals surface area contributed by atoms with Crippen LogP contribution in [0.2, 0.25) is 0 Å². The lowest BCUT2D eigenvalue weighted by Crippen LogP contribution is -2.34. The number of pyridine rings is 1. The molecular formula is C17H31N3. The van der Waals surface area contributed by atoms with Crippen LogP contribution in [0.1, 0.15) is 57.9 Å². The molecule has 1 aromatic heterocycles. The molecule has 1 heterocycles. The van der Waals surface area contributed by atoms with E-state index in [1.54, 1.807) is 0 Å². The zero-order valence-electron chi connectivity index (χ0n) is 14.2. The Hall–Kier alpha value is -1.09. The van der Waals surface area contributed by atoms with Crippen molar-refractivity contribution in [1.29, 1.82) is 0 Å². The Kier molecular flexibility index (Phi) is 6.47. The van der Waals surface area contributed by atoms with Crippen molar-refractivity contribution in [2.45, 2.75) is 73.5 Å². The van der Waals surface area contributed by atoms with E-state index in [-0.39, 0.29) is 0 Å². The Bertz CT molecular complexity index is 424. The largest absolute Gasteiger partial charge is 0.354 e. The summed E-state index contributed by atoms with van der Waals surface area (Å²) in [4.78, 5) is 7.27. The van der Waals surface area contributed by atoms with Crippen molar-refractivity contribution in [1.82, 2.24) is 10.3 Å². The molecule has 0 amide bonds. The number of hydrogen-bond acceptors (Lipinski definition) is 3. The van der Waals surface area contributed by atoms with Crippen LogP contribution in [0.25, 0.3) is 0 Å². The molecule has 0 radical (unpaired) electrons. The molecule has 0 aromatic carbocycles. The van der Waals surface area contributed by atoms with E-state index in [9.17, 15) is 0 Å². The fourth-order valence-corrected chi connectivity index (χ4v) is 2.46. The summed E-state index contributed by atoms with van der Waals surface area (Å²) in [6, 6.07) is 3.15. The van der Waals surface area contributed by atoms with E-state index in [4.69, 9.17) is 4.98 Å². The number of rotatable bonds is 7. The molecule has 0 spiro atoms.